The molecule has 0 unspecified atom stereocenters. The molecule has 0 aliphatic heterocycles. The van der Waals surface area contributed by atoms with E-state index in [1.165, 1.54) is 0 Å². The molecule has 0 bridgehead atoms. The number of hydrogen-bond acceptors (Lipinski definition) is 3. The summed E-state index contributed by atoms with van der Waals surface area (Å²) in [5.74, 6) is 0. The SMILES string of the molecule is Cc1ccc(NS(=O)(=O)c2ccc(CCN)cc2)c(C)c1. The van der Waals surface area contributed by atoms with Gasteiger partial charge in [0.2, 0.25) is 0 Å². The van der Waals surface area contributed by atoms with E-state index in [1.807, 2.05) is 26.0 Å². The van der Waals surface area contributed by atoms with Gasteiger partial charge in [-0.3, -0.25) is 4.72 Å². The van der Waals surface area contributed by atoms with Gasteiger partial charge in [-0.25, -0.2) is 8.42 Å². The first-order valence-corrected chi connectivity index (χ1v) is 8.30. The van der Waals surface area contributed by atoms with Crippen LogP contribution in [0, 0.1) is 13.8 Å². The van der Waals surface area contributed by atoms with E-state index in [2.05, 4.69) is 4.72 Å². The molecule has 4 nitrogen and oxygen atoms in total. The highest BCUT2D eigenvalue weighted by Crippen LogP contribution is 2.21. The maximum Gasteiger partial charge on any atom is 0.261 e. The molecule has 0 atom stereocenters. The second kappa shape index (κ2) is 6.28. The fourth-order valence-corrected chi connectivity index (χ4v) is 3.26. The average Bonchev–Trinajstić information content (AvgIpc) is 2.43. The minimum atomic E-state index is -3.56. The zero-order valence-corrected chi connectivity index (χ0v) is 13.1. The molecular formula is C16H20N2O2S. The van der Waals surface area contributed by atoms with Crippen molar-refractivity contribution >= 4 is 15.7 Å². The molecule has 0 aliphatic rings. The Labute approximate surface area is 126 Å². The lowest BCUT2D eigenvalue weighted by Gasteiger charge is -2.11. The maximum atomic E-state index is 12.4. The van der Waals surface area contributed by atoms with Crippen molar-refractivity contribution in [2.75, 3.05) is 11.3 Å². The Morgan fingerprint density at radius 2 is 1.71 bits per heavy atom. The van der Waals surface area contributed by atoms with E-state index in [1.54, 1.807) is 30.3 Å². The molecule has 0 fully saturated rings. The summed E-state index contributed by atoms with van der Waals surface area (Å²) in [5, 5.41) is 0. The summed E-state index contributed by atoms with van der Waals surface area (Å²) in [6.07, 6.45) is 0.741. The molecule has 2 rings (SSSR count). The molecule has 0 radical (unpaired) electrons. The Bertz CT molecular complexity index is 722. The Kier molecular flexibility index (Phi) is 4.65. The van der Waals surface area contributed by atoms with E-state index < -0.39 is 10.0 Å². The third-order valence-electron chi connectivity index (χ3n) is 3.29. The summed E-state index contributed by atoms with van der Waals surface area (Å²) in [7, 11) is -3.56. The van der Waals surface area contributed by atoms with Gasteiger partial charge in [-0.1, -0.05) is 29.8 Å². The zero-order chi connectivity index (χ0) is 15.5. The Balaban J connectivity index is 2.25. The third-order valence-corrected chi connectivity index (χ3v) is 4.67. The van der Waals surface area contributed by atoms with Crippen LogP contribution in [0.5, 0.6) is 0 Å². The highest BCUT2D eigenvalue weighted by atomic mass is 32.2. The van der Waals surface area contributed by atoms with Gasteiger partial charge in [0, 0.05) is 0 Å². The van der Waals surface area contributed by atoms with E-state index in [-0.39, 0.29) is 4.90 Å². The first-order chi connectivity index (χ1) is 9.92. The van der Waals surface area contributed by atoms with Crippen LogP contribution in [0.25, 0.3) is 0 Å². The molecule has 112 valence electrons. The molecule has 3 N–H and O–H groups in total. The van der Waals surface area contributed by atoms with E-state index in [0.29, 0.717) is 12.2 Å². The van der Waals surface area contributed by atoms with Crippen LogP contribution in [0.15, 0.2) is 47.4 Å². The quantitative estimate of drug-likeness (QED) is 0.892. The summed E-state index contributed by atoms with van der Waals surface area (Å²) in [6.45, 7) is 4.41. The van der Waals surface area contributed by atoms with E-state index >= 15 is 0 Å². The lowest BCUT2D eigenvalue weighted by atomic mass is 10.1. The molecule has 0 saturated heterocycles. The van der Waals surface area contributed by atoms with Gasteiger partial charge in [-0.05, 0) is 56.1 Å². The minimum Gasteiger partial charge on any atom is -0.330 e. The van der Waals surface area contributed by atoms with Crippen molar-refractivity contribution in [2.24, 2.45) is 5.73 Å². The molecular weight excluding hydrogens is 284 g/mol. The Morgan fingerprint density at radius 1 is 1.05 bits per heavy atom. The van der Waals surface area contributed by atoms with Crippen molar-refractivity contribution in [3.63, 3.8) is 0 Å². The lowest BCUT2D eigenvalue weighted by Crippen LogP contribution is -2.14. The highest BCUT2D eigenvalue weighted by molar-refractivity contribution is 7.92. The van der Waals surface area contributed by atoms with Gasteiger partial charge in [-0.2, -0.15) is 0 Å². The summed E-state index contributed by atoms with van der Waals surface area (Å²) in [4.78, 5) is 0.253. The van der Waals surface area contributed by atoms with Crippen molar-refractivity contribution in [3.8, 4) is 0 Å². The summed E-state index contributed by atoms with van der Waals surface area (Å²) in [5.41, 5.74) is 9.12. The van der Waals surface area contributed by atoms with Gasteiger partial charge in [0.15, 0.2) is 0 Å². The van der Waals surface area contributed by atoms with Crippen LogP contribution < -0.4 is 10.5 Å². The summed E-state index contributed by atoms with van der Waals surface area (Å²) in [6, 6.07) is 12.4. The van der Waals surface area contributed by atoms with Gasteiger partial charge in [-0.15, -0.1) is 0 Å². The minimum absolute atomic E-state index is 0.253. The van der Waals surface area contributed by atoms with Crippen LogP contribution in [0.2, 0.25) is 0 Å². The van der Waals surface area contributed by atoms with Crippen molar-refractivity contribution in [2.45, 2.75) is 25.2 Å². The first-order valence-electron chi connectivity index (χ1n) is 6.81. The van der Waals surface area contributed by atoms with Crippen molar-refractivity contribution in [3.05, 3.63) is 59.2 Å². The maximum absolute atomic E-state index is 12.4. The molecule has 21 heavy (non-hydrogen) atoms. The van der Waals surface area contributed by atoms with Crippen LogP contribution >= 0.6 is 0 Å². The van der Waals surface area contributed by atoms with Gasteiger partial charge in [0.25, 0.3) is 10.0 Å². The van der Waals surface area contributed by atoms with E-state index in [0.717, 1.165) is 23.1 Å². The first kappa shape index (κ1) is 15.5. The fraction of sp³-hybridized carbons (Fsp3) is 0.250. The molecule has 2 aromatic carbocycles. The normalized spacial score (nSPS) is 11.4. The number of sulfonamides is 1. The largest absolute Gasteiger partial charge is 0.330 e. The molecule has 2 aromatic rings. The van der Waals surface area contributed by atoms with Crippen LogP contribution in [-0.2, 0) is 16.4 Å². The number of rotatable bonds is 5. The van der Waals surface area contributed by atoms with Crippen molar-refractivity contribution in [1.82, 2.24) is 0 Å². The Morgan fingerprint density at radius 3 is 2.29 bits per heavy atom. The Hall–Kier alpha value is -1.85. The van der Waals surface area contributed by atoms with E-state index in [9.17, 15) is 8.42 Å². The molecule has 0 spiro atoms. The standard InChI is InChI=1S/C16H20N2O2S/c1-12-3-8-16(13(2)11-12)18-21(19,20)15-6-4-14(5-7-15)9-10-17/h3-8,11,18H,9-10,17H2,1-2H3. The number of anilines is 1. The van der Waals surface area contributed by atoms with Gasteiger partial charge in [0.05, 0.1) is 10.6 Å². The molecule has 5 heteroatoms. The van der Waals surface area contributed by atoms with Gasteiger partial charge in [0.1, 0.15) is 0 Å². The average molecular weight is 304 g/mol. The van der Waals surface area contributed by atoms with Crippen molar-refractivity contribution < 1.29 is 8.42 Å². The summed E-state index contributed by atoms with van der Waals surface area (Å²) >= 11 is 0. The molecule has 0 aromatic heterocycles. The number of nitrogens with one attached hydrogen (secondary N) is 1. The number of hydrogen-bond donors (Lipinski definition) is 2. The molecule has 0 heterocycles. The van der Waals surface area contributed by atoms with Gasteiger partial charge < -0.3 is 5.73 Å². The highest BCUT2D eigenvalue weighted by Gasteiger charge is 2.15. The zero-order valence-electron chi connectivity index (χ0n) is 12.3. The van der Waals surface area contributed by atoms with Crippen LogP contribution in [0.3, 0.4) is 0 Å². The smallest absolute Gasteiger partial charge is 0.261 e. The second-order valence-corrected chi connectivity index (χ2v) is 6.79. The predicted molar refractivity (Wildman–Crippen MR) is 85.9 cm³/mol. The third kappa shape index (κ3) is 3.83. The number of nitrogens with two attached hydrogens (primary N) is 1. The summed E-state index contributed by atoms with van der Waals surface area (Å²) < 4.78 is 27.4. The topological polar surface area (TPSA) is 72.2 Å². The number of benzene rings is 2. The predicted octanol–water partition coefficient (Wildman–Crippen LogP) is 2.61. The van der Waals surface area contributed by atoms with E-state index in [4.69, 9.17) is 5.73 Å². The molecule has 0 saturated carbocycles. The molecule has 0 amide bonds. The van der Waals surface area contributed by atoms with Crippen LogP contribution in [0.4, 0.5) is 5.69 Å². The van der Waals surface area contributed by atoms with Crippen LogP contribution in [-0.4, -0.2) is 15.0 Å². The number of aryl methyl sites for hydroxylation is 2. The van der Waals surface area contributed by atoms with Crippen molar-refractivity contribution in [1.29, 1.82) is 0 Å². The lowest BCUT2D eigenvalue weighted by molar-refractivity contribution is 0.601. The molecule has 0 aliphatic carbocycles. The monoisotopic (exact) mass is 304 g/mol. The van der Waals surface area contributed by atoms with Gasteiger partial charge >= 0.3 is 0 Å². The fourth-order valence-electron chi connectivity index (χ4n) is 2.13. The van der Waals surface area contributed by atoms with Crippen LogP contribution in [0.1, 0.15) is 16.7 Å². The second-order valence-electron chi connectivity index (χ2n) is 5.11.